The van der Waals surface area contributed by atoms with Crippen molar-refractivity contribution in [1.29, 1.82) is 0 Å². The summed E-state index contributed by atoms with van der Waals surface area (Å²) in [6.07, 6.45) is 13.5. The molecule has 0 saturated heterocycles. The van der Waals surface area contributed by atoms with Gasteiger partial charge in [-0.15, -0.1) is 0 Å². The van der Waals surface area contributed by atoms with Crippen molar-refractivity contribution < 1.29 is 4.57 Å². The SMILES string of the molecule is CC12C=CC=CC1C1=C(C=C2)c2ccccc2P(=O)(c2ccccc2)c2ccc3ccccc3c21. The predicted molar refractivity (Wildman–Crippen MR) is 149 cm³/mol. The second-order valence-corrected chi connectivity index (χ2v) is 12.6. The van der Waals surface area contributed by atoms with Crippen molar-refractivity contribution in [1.82, 2.24) is 0 Å². The summed E-state index contributed by atoms with van der Waals surface area (Å²) < 4.78 is 15.6. The fraction of sp³-hybridized carbons (Fsp3) is 0.0909. The van der Waals surface area contributed by atoms with E-state index in [1.54, 1.807) is 0 Å². The highest BCUT2D eigenvalue weighted by molar-refractivity contribution is 7.85. The lowest BCUT2D eigenvalue weighted by atomic mass is 9.64. The zero-order valence-corrected chi connectivity index (χ0v) is 20.5. The van der Waals surface area contributed by atoms with Crippen molar-refractivity contribution in [3.63, 3.8) is 0 Å². The minimum Gasteiger partial charge on any atom is -0.309 e. The molecule has 2 heteroatoms. The van der Waals surface area contributed by atoms with Crippen molar-refractivity contribution in [2.45, 2.75) is 6.92 Å². The normalized spacial score (nSPS) is 26.0. The molecule has 2 aliphatic carbocycles. The van der Waals surface area contributed by atoms with Crippen molar-refractivity contribution in [2.24, 2.45) is 11.3 Å². The molecule has 35 heavy (non-hydrogen) atoms. The van der Waals surface area contributed by atoms with Crippen LogP contribution in [0.5, 0.6) is 0 Å². The van der Waals surface area contributed by atoms with E-state index in [-0.39, 0.29) is 11.3 Å². The zero-order chi connectivity index (χ0) is 23.6. The Bertz CT molecular complexity index is 1690. The molecule has 168 valence electrons. The monoisotopic (exact) mass is 468 g/mol. The van der Waals surface area contributed by atoms with Crippen LogP contribution in [0.25, 0.3) is 21.9 Å². The molecule has 0 spiro atoms. The maximum atomic E-state index is 15.6. The Labute approximate surface area is 206 Å². The first kappa shape index (κ1) is 20.7. The highest BCUT2D eigenvalue weighted by Crippen LogP contribution is 2.56. The number of fused-ring (bicyclic) bond motifs is 8. The molecule has 3 unspecified atom stereocenters. The second kappa shape index (κ2) is 7.41. The van der Waals surface area contributed by atoms with Crippen LogP contribution in [0, 0.1) is 11.3 Å². The van der Waals surface area contributed by atoms with Gasteiger partial charge in [0, 0.05) is 27.2 Å². The zero-order valence-electron chi connectivity index (χ0n) is 19.6. The summed E-state index contributed by atoms with van der Waals surface area (Å²) in [5.74, 6) is 0.160. The Hall–Kier alpha value is -3.67. The van der Waals surface area contributed by atoms with E-state index in [2.05, 4.69) is 98.0 Å². The molecule has 0 fully saturated rings. The lowest BCUT2D eigenvalue weighted by Gasteiger charge is -2.39. The summed E-state index contributed by atoms with van der Waals surface area (Å²) in [6, 6.07) is 31.2. The van der Waals surface area contributed by atoms with Crippen LogP contribution in [0.4, 0.5) is 0 Å². The van der Waals surface area contributed by atoms with Gasteiger partial charge in [-0.25, -0.2) is 0 Å². The van der Waals surface area contributed by atoms with Crippen LogP contribution in [0.2, 0.25) is 0 Å². The molecule has 4 aromatic carbocycles. The third-order valence-corrected chi connectivity index (χ3v) is 11.1. The quantitative estimate of drug-likeness (QED) is 0.274. The van der Waals surface area contributed by atoms with Gasteiger partial charge in [0.25, 0.3) is 0 Å². The molecule has 0 saturated carbocycles. The standard InChI is InChI=1S/C33H25OP/c1-33-21-10-9-16-28(33)31-27(20-22-33)26-15-7-8-17-29(26)35(34,24-12-3-2-4-13-24)30-19-18-23-11-5-6-14-25(23)32(30)31/h2-22,28H,1H3. The van der Waals surface area contributed by atoms with Gasteiger partial charge in [-0.1, -0.05) is 128 Å². The summed E-state index contributed by atoms with van der Waals surface area (Å²) in [5.41, 5.74) is 4.56. The fourth-order valence-corrected chi connectivity index (χ4v) is 9.27. The van der Waals surface area contributed by atoms with Gasteiger partial charge in [-0.05, 0) is 39.1 Å². The summed E-state index contributed by atoms with van der Waals surface area (Å²) in [5, 5.41) is 5.10. The maximum absolute atomic E-state index is 15.6. The molecule has 1 aliphatic heterocycles. The molecule has 7 rings (SSSR count). The minimum atomic E-state index is -3.15. The van der Waals surface area contributed by atoms with Crippen molar-refractivity contribution >= 4 is 45.0 Å². The van der Waals surface area contributed by atoms with Gasteiger partial charge >= 0.3 is 0 Å². The van der Waals surface area contributed by atoms with Gasteiger partial charge in [-0.3, -0.25) is 0 Å². The van der Waals surface area contributed by atoms with Crippen molar-refractivity contribution in [3.8, 4) is 0 Å². The number of benzene rings is 4. The van der Waals surface area contributed by atoms with E-state index in [9.17, 15) is 0 Å². The van der Waals surface area contributed by atoms with E-state index >= 15 is 4.57 Å². The molecule has 0 amide bonds. The van der Waals surface area contributed by atoms with E-state index in [0.717, 1.165) is 27.0 Å². The summed E-state index contributed by atoms with van der Waals surface area (Å²) in [7, 11) is -3.15. The lowest BCUT2D eigenvalue weighted by Crippen LogP contribution is -2.30. The summed E-state index contributed by atoms with van der Waals surface area (Å²) >= 11 is 0. The third kappa shape index (κ3) is 2.79. The molecule has 0 N–H and O–H groups in total. The lowest BCUT2D eigenvalue weighted by molar-refractivity contribution is 0.466. The van der Waals surface area contributed by atoms with Crippen LogP contribution in [-0.4, -0.2) is 0 Å². The first-order valence-electron chi connectivity index (χ1n) is 12.2. The second-order valence-electron chi connectivity index (χ2n) is 9.89. The van der Waals surface area contributed by atoms with E-state index in [0.29, 0.717) is 0 Å². The van der Waals surface area contributed by atoms with Crippen LogP contribution in [0.1, 0.15) is 18.1 Å². The number of allylic oxidation sites excluding steroid dienone is 8. The summed E-state index contributed by atoms with van der Waals surface area (Å²) in [4.78, 5) is 0. The Morgan fingerprint density at radius 3 is 2.40 bits per heavy atom. The third-order valence-electron chi connectivity index (χ3n) is 7.92. The highest BCUT2D eigenvalue weighted by atomic mass is 31.2. The average molecular weight is 469 g/mol. The Morgan fingerprint density at radius 1 is 0.743 bits per heavy atom. The molecule has 0 radical (unpaired) electrons. The molecule has 1 heterocycles. The van der Waals surface area contributed by atoms with Gasteiger partial charge in [0.1, 0.15) is 0 Å². The van der Waals surface area contributed by atoms with Gasteiger partial charge in [0.2, 0.25) is 0 Å². The first-order chi connectivity index (χ1) is 17.1. The van der Waals surface area contributed by atoms with Crippen LogP contribution >= 0.6 is 7.14 Å². The molecule has 4 aromatic rings. The largest absolute Gasteiger partial charge is 0.309 e. The topological polar surface area (TPSA) is 17.1 Å². The Morgan fingerprint density at radius 2 is 1.51 bits per heavy atom. The van der Waals surface area contributed by atoms with Gasteiger partial charge < -0.3 is 4.57 Å². The Balaban J connectivity index is 1.71. The van der Waals surface area contributed by atoms with E-state index in [1.165, 1.54) is 21.9 Å². The molecular weight excluding hydrogens is 443 g/mol. The van der Waals surface area contributed by atoms with Gasteiger partial charge in [0.05, 0.1) is 0 Å². The smallest absolute Gasteiger partial charge is 0.172 e. The molecule has 0 aromatic heterocycles. The minimum absolute atomic E-state index is 0.127. The number of hydrogen-bond acceptors (Lipinski definition) is 1. The van der Waals surface area contributed by atoms with Gasteiger partial charge in [0.15, 0.2) is 7.14 Å². The van der Waals surface area contributed by atoms with Crippen LogP contribution in [-0.2, 0) is 4.57 Å². The van der Waals surface area contributed by atoms with Crippen molar-refractivity contribution in [3.05, 3.63) is 139 Å². The Kier molecular flexibility index (Phi) is 4.38. The maximum Gasteiger partial charge on any atom is 0.172 e. The van der Waals surface area contributed by atoms with Crippen LogP contribution in [0.15, 0.2) is 127 Å². The number of rotatable bonds is 1. The first-order valence-corrected chi connectivity index (χ1v) is 13.9. The fourth-order valence-electron chi connectivity index (χ4n) is 6.19. The van der Waals surface area contributed by atoms with Crippen LogP contribution < -0.4 is 15.9 Å². The number of hydrogen-bond donors (Lipinski definition) is 0. The molecule has 1 nitrogen and oxygen atoms in total. The highest BCUT2D eigenvalue weighted by Gasteiger charge is 2.44. The van der Waals surface area contributed by atoms with Gasteiger partial charge in [-0.2, -0.15) is 0 Å². The van der Waals surface area contributed by atoms with Crippen LogP contribution in [0.3, 0.4) is 0 Å². The molecule has 3 aliphatic rings. The van der Waals surface area contributed by atoms with Crippen molar-refractivity contribution in [2.75, 3.05) is 0 Å². The molecular formula is C33H25OP. The average Bonchev–Trinajstić information content (AvgIpc) is 3.01. The molecule has 3 atom stereocenters. The van der Waals surface area contributed by atoms with E-state index in [1.807, 2.05) is 36.4 Å². The molecule has 0 bridgehead atoms. The predicted octanol–water partition coefficient (Wildman–Crippen LogP) is 7.02. The summed E-state index contributed by atoms with van der Waals surface area (Å²) in [6.45, 7) is 2.30. The van der Waals surface area contributed by atoms with E-state index < -0.39 is 7.14 Å². The van der Waals surface area contributed by atoms with E-state index in [4.69, 9.17) is 0 Å².